The Labute approximate surface area is 153 Å². The van der Waals surface area contributed by atoms with Crippen molar-refractivity contribution >= 4 is 28.6 Å². The summed E-state index contributed by atoms with van der Waals surface area (Å²) in [6, 6.07) is 10.7. The predicted molar refractivity (Wildman–Crippen MR) is 97.8 cm³/mol. The number of aromatic nitrogens is 2. The number of aromatic amines is 2. The van der Waals surface area contributed by atoms with Crippen molar-refractivity contribution in [2.24, 2.45) is 0 Å². The largest absolute Gasteiger partial charge is 0.453 e. The number of imidazole rings is 1. The van der Waals surface area contributed by atoms with E-state index in [1.807, 2.05) is 0 Å². The number of aryl methyl sites for hydroxylation is 1. The minimum atomic E-state index is -0.980. The third-order valence-corrected chi connectivity index (χ3v) is 3.99. The summed E-state index contributed by atoms with van der Waals surface area (Å²) in [7, 11) is 0. The third kappa shape index (κ3) is 4.81. The molecule has 7 nitrogen and oxygen atoms in total. The second-order valence-electron chi connectivity index (χ2n) is 6.09. The van der Waals surface area contributed by atoms with Gasteiger partial charge >= 0.3 is 11.7 Å². The molecule has 2 aromatic carbocycles. The van der Waals surface area contributed by atoms with Gasteiger partial charge in [-0.1, -0.05) is 12.1 Å². The molecular formula is C19H18FN3O4. The average molecular weight is 371 g/mol. The number of carbonyl (C=O) groups is 2. The quantitative estimate of drug-likeness (QED) is 0.579. The lowest BCUT2D eigenvalue weighted by Gasteiger charge is -2.13. The minimum absolute atomic E-state index is 0.0831. The van der Waals surface area contributed by atoms with Crippen molar-refractivity contribution in [3.05, 3.63) is 64.3 Å². The molecule has 3 rings (SSSR count). The van der Waals surface area contributed by atoms with Gasteiger partial charge in [-0.2, -0.15) is 0 Å². The van der Waals surface area contributed by atoms with E-state index in [2.05, 4.69) is 15.3 Å². The molecule has 8 heteroatoms. The van der Waals surface area contributed by atoms with E-state index in [1.165, 1.54) is 19.1 Å². The number of esters is 1. The zero-order valence-corrected chi connectivity index (χ0v) is 14.5. The number of amides is 1. The molecule has 0 aliphatic heterocycles. The van der Waals surface area contributed by atoms with Gasteiger partial charge in [-0.3, -0.25) is 9.59 Å². The van der Waals surface area contributed by atoms with E-state index < -0.39 is 18.0 Å². The summed E-state index contributed by atoms with van der Waals surface area (Å²) in [5, 5.41) is 2.63. The Balaban J connectivity index is 1.52. The first-order chi connectivity index (χ1) is 12.9. The highest BCUT2D eigenvalue weighted by Gasteiger charge is 2.18. The first kappa shape index (κ1) is 18.4. The summed E-state index contributed by atoms with van der Waals surface area (Å²) in [4.78, 5) is 40.6. The minimum Gasteiger partial charge on any atom is -0.453 e. The van der Waals surface area contributed by atoms with Crippen molar-refractivity contribution in [3.8, 4) is 0 Å². The van der Waals surface area contributed by atoms with Gasteiger partial charge in [0.25, 0.3) is 5.91 Å². The number of fused-ring (bicyclic) bond motifs is 1. The van der Waals surface area contributed by atoms with Crippen LogP contribution in [0.15, 0.2) is 47.3 Å². The number of benzene rings is 2. The molecule has 140 valence electrons. The van der Waals surface area contributed by atoms with Crippen molar-refractivity contribution in [1.29, 1.82) is 0 Å². The number of carbonyl (C=O) groups excluding carboxylic acids is 2. The second-order valence-corrected chi connectivity index (χ2v) is 6.09. The van der Waals surface area contributed by atoms with E-state index in [1.54, 1.807) is 30.3 Å². The summed E-state index contributed by atoms with van der Waals surface area (Å²) in [6.07, 6.45) is -0.503. The molecule has 1 aromatic heterocycles. The van der Waals surface area contributed by atoms with E-state index in [0.717, 1.165) is 5.56 Å². The highest BCUT2D eigenvalue weighted by molar-refractivity contribution is 5.96. The fourth-order valence-electron chi connectivity index (χ4n) is 2.56. The topological polar surface area (TPSA) is 104 Å². The normalized spacial score (nSPS) is 11.9. The van der Waals surface area contributed by atoms with Crippen LogP contribution in [0.5, 0.6) is 0 Å². The third-order valence-electron chi connectivity index (χ3n) is 3.99. The first-order valence-electron chi connectivity index (χ1n) is 8.37. The first-order valence-corrected chi connectivity index (χ1v) is 8.37. The Morgan fingerprint density at radius 1 is 1.11 bits per heavy atom. The van der Waals surface area contributed by atoms with Crippen LogP contribution in [0.2, 0.25) is 0 Å². The van der Waals surface area contributed by atoms with Crippen molar-refractivity contribution in [3.63, 3.8) is 0 Å². The van der Waals surface area contributed by atoms with Crippen LogP contribution in [0.3, 0.4) is 0 Å². The number of anilines is 1. The van der Waals surface area contributed by atoms with Crippen molar-refractivity contribution in [1.82, 2.24) is 9.97 Å². The molecule has 27 heavy (non-hydrogen) atoms. The van der Waals surface area contributed by atoms with E-state index in [4.69, 9.17) is 4.74 Å². The van der Waals surface area contributed by atoms with Gasteiger partial charge in [0, 0.05) is 12.1 Å². The number of rotatable bonds is 6. The molecule has 0 aliphatic rings. The Morgan fingerprint density at radius 3 is 2.56 bits per heavy atom. The number of halogens is 1. The highest BCUT2D eigenvalue weighted by atomic mass is 19.1. The number of hydrogen-bond acceptors (Lipinski definition) is 4. The molecule has 0 saturated heterocycles. The zero-order chi connectivity index (χ0) is 19.4. The van der Waals surface area contributed by atoms with Crippen molar-refractivity contribution in [2.45, 2.75) is 25.9 Å². The standard InChI is InChI=1S/C19H18FN3O4/c1-11(27-17(24)9-4-12-2-5-13(20)6-3-12)18(25)21-14-7-8-15-16(10-14)23-19(26)22-15/h2-3,5-8,10-11H,4,9H2,1H3,(H,21,25)(H2,22,23,26)/t11-/m0/s1. The molecular weight excluding hydrogens is 353 g/mol. The maximum atomic E-state index is 12.9. The number of H-pyrrole nitrogens is 2. The molecule has 0 saturated carbocycles. The molecule has 0 unspecified atom stereocenters. The lowest BCUT2D eigenvalue weighted by atomic mass is 10.1. The lowest BCUT2D eigenvalue weighted by molar-refractivity contribution is -0.153. The smallest absolute Gasteiger partial charge is 0.323 e. The van der Waals surface area contributed by atoms with Crippen molar-refractivity contribution in [2.75, 3.05) is 5.32 Å². The Kier molecular flexibility index (Phi) is 5.35. The van der Waals surface area contributed by atoms with Crippen molar-refractivity contribution < 1.29 is 18.7 Å². The van der Waals surface area contributed by atoms with Crippen LogP contribution in [0.4, 0.5) is 10.1 Å². The van der Waals surface area contributed by atoms with Crippen LogP contribution < -0.4 is 11.0 Å². The summed E-state index contributed by atoms with van der Waals surface area (Å²) in [6.45, 7) is 1.47. The SMILES string of the molecule is C[C@H](OC(=O)CCc1ccc(F)cc1)C(=O)Nc1ccc2[nH]c(=O)[nH]c2c1. The van der Waals surface area contributed by atoms with Gasteiger partial charge in [0.2, 0.25) is 0 Å². The van der Waals surface area contributed by atoms with Crippen LogP contribution in [-0.4, -0.2) is 27.9 Å². The van der Waals surface area contributed by atoms with Crippen LogP contribution >= 0.6 is 0 Å². The fourth-order valence-corrected chi connectivity index (χ4v) is 2.56. The number of ether oxygens (including phenoxy) is 1. The van der Waals surface area contributed by atoms with Gasteiger partial charge in [0.1, 0.15) is 5.82 Å². The molecule has 3 aromatic rings. The number of hydrogen-bond donors (Lipinski definition) is 3. The van der Waals surface area contributed by atoms with E-state index in [0.29, 0.717) is 23.1 Å². The van der Waals surface area contributed by atoms with E-state index in [-0.39, 0.29) is 17.9 Å². The monoisotopic (exact) mass is 371 g/mol. The second kappa shape index (κ2) is 7.86. The maximum absolute atomic E-state index is 12.9. The van der Waals surface area contributed by atoms with Gasteiger partial charge < -0.3 is 20.0 Å². The lowest BCUT2D eigenvalue weighted by Crippen LogP contribution is -2.30. The van der Waals surface area contributed by atoms with Gasteiger partial charge in [0.15, 0.2) is 6.10 Å². The van der Waals surface area contributed by atoms with Crippen LogP contribution in [-0.2, 0) is 20.7 Å². The molecule has 0 fully saturated rings. The molecule has 0 aliphatic carbocycles. The van der Waals surface area contributed by atoms with E-state index >= 15 is 0 Å². The molecule has 0 bridgehead atoms. The van der Waals surface area contributed by atoms with E-state index in [9.17, 15) is 18.8 Å². The summed E-state index contributed by atoms with van der Waals surface area (Å²) in [5.74, 6) is -1.34. The van der Waals surface area contributed by atoms with Gasteiger partial charge in [0.05, 0.1) is 11.0 Å². The Morgan fingerprint density at radius 2 is 1.81 bits per heavy atom. The average Bonchev–Trinajstić information content (AvgIpc) is 3.00. The molecule has 0 spiro atoms. The maximum Gasteiger partial charge on any atom is 0.323 e. The zero-order valence-electron chi connectivity index (χ0n) is 14.5. The Hall–Kier alpha value is -3.42. The number of nitrogens with one attached hydrogen (secondary N) is 3. The summed E-state index contributed by atoms with van der Waals surface area (Å²) >= 11 is 0. The molecule has 1 amide bonds. The summed E-state index contributed by atoms with van der Waals surface area (Å²) < 4.78 is 18.0. The molecule has 1 atom stereocenters. The summed E-state index contributed by atoms with van der Waals surface area (Å²) in [5.41, 5.74) is 2.12. The molecule has 3 N–H and O–H groups in total. The fraction of sp³-hybridized carbons (Fsp3) is 0.211. The van der Waals surface area contributed by atoms with Gasteiger partial charge in [-0.25, -0.2) is 9.18 Å². The Bertz CT molecular complexity index is 1020. The van der Waals surface area contributed by atoms with Gasteiger partial charge in [-0.15, -0.1) is 0 Å². The molecule has 0 radical (unpaired) electrons. The predicted octanol–water partition coefficient (Wildman–Crippen LogP) is 2.50. The van der Waals surface area contributed by atoms with Crippen LogP contribution in [0.1, 0.15) is 18.9 Å². The highest BCUT2D eigenvalue weighted by Crippen LogP contribution is 2.15. The van der Waals surface area contributed by atoms with Gasteiger partial charge in [-0.05, 0) is 49.2 Å². The van der Waals surface area contributed by atoms with Crippen LogP contribution in [0.25, 0.3) is 11.0 Å². The van der Waals surface area contributed by atoms with Crippen LogP contribution in [0, 0.1) is 5.82 Å². The molecule has 1 heterocycles.